The quantitative estimate of drug-likeness (QED) is 0.646. The molecule has 0 saturated carbocycles. The Morgan fingerprint density at radius 2 is 2.23 bits per heavy atom. The minimum atomic E-state index is 1.12. The van der Waals surface area contributed by atoms with E-state index in [9.17, 15) is 0 Å². The third-order valence-corrected chi connectivity index (χ3v) is 3.01. The highest BCUT2D eigenvalue weighted by Crippen LogP contribution is 2.36. The average Bonchev–Trinajstić information content (AvgIpc) is 2.44. The first-order valence-corrected chi connectivity index (χ1v) is 5.06. The Morgan fingerprint density at radius 3 is 3.23 bits per heavy atom. The van der Waals surface area contributed by atoms with Gasteiger partial charge in [-0.1, -0.05) is 12.1 Å². The van der Waals surface area contributed by atoms with E-state index in [4.69, 9.17) is 0 Å². The van der Waals surface area contributed by atoms with Gasteiger partial charge >= 0.3 is 0 Å². The normalized spacial score (nSPS) is 19.2. The molecule has 1 aromatic carbocycles. The summed E-state index contributed by atoms with van der Waals surface area (Å²) in [6, 6.07) is 6.62. The number of para-hydroxylation sites is 1. The first-order chi connectivity index (χ1) is 6.45. The van der Waals surface area contributed by atoms with E-state index in [0.717, 1.165) is 6.54 Å². The van der Waals surface area contributed by atoms with E-state index in [1.165, 1.54) is 42.9 Å². The second-order valence-corrected chi connectivity index (χ2v) is 3.83. The maximum Gasteiger partial charge on any atom is 0.0635 e. The molecule has 0 fully saturated rings. The van der Waals surface area contributed by atoms with Gasteiger partial charge in [0.2, 0.25) is 0 Å². The third kappa shape index (κ3) is 1.01. The van der Waals surface area contributed by atoms with Crippen LogP contribution in [0.2, 0.25) is 0 Å². The summed E-state index contributed by atoms with van der Waals surface area (Å²) in [5, 5.41) is 3.49. The zero-order valence-corrected chi connectivity index (χ0v) is 7.71. The molecule has 0 unspecified atom stereocenters. The van der Waals surface area contributed by atoms with Gasteiger partial charge in [0, 0.05) is 19.6 Å². The highest BCUT2D eigenvalue weighted by atomic mass is 15.2. The van der Waals surface area contributed by atoms with Crippen molar-refractivity contribution in [2.75, 3.05) is 29.9 Å². The molecule has 2 heteroatoms. The van der Waals surface area contributed by atoms with Crippen LogP contribution in [0.3, 0.4) is 0 Å². The summed E-state index contributed by atoms with van der Waals surface area (Å²) in [5.41, 5.74) is 4.33. The zero-order chi connectivity index (χ0) is 8.67. The molecule has 13 heavy (non-hydrogen) atoms. The molecule has 0 aromatic heterocycles. The van der Waals surface area contributed by atoms with Crippen molar-refractivity contribution in [1.82, 2.24) is 0 Å². The molecule has 1 aromatic rings. The molecule has 2 heterocycles. The Hall–Kier alpha value is -1.18. The summed E-state index contributed by atoms with van der Waals surface area (Å²) >= 11 is 0. The summed E-state index contributed by atoms with van der Waals surface area (Å²) in [6.07, 6.45) is 2.49. The van der Waals surface area contributed by atoms with E-state index in [0.29, 0.717) is 0 Å². The Balaban J connectivity index is 2.16. The van der Waals surface area contributed by atoms with Gasteiger partial charge in [-0.15, -0.1) is 0 Å². The lowest BCUT2D eigenvalue weighted by atomic mass is 10.1. The lowest BCUT2D eigenvalue weighted by Gasteiger charge is -2.17. The van der Waals surface area contributed by atoms with E-state index >= 15 is 0 Å². The van der Waals surface area contributed by atoms with Crippen LogP contribution in [0.15, 0.2) is 18.2 Å². The maximum atomic E-state index is 3.49. The lowest BCUT2D eigenvalue weighted by Crippen LogP contribution is -2.20. The van der Waals surface area contributed by atoms with Crippen molar-refractivity contribution in [2.24, 2.45) is 0 Å². The van der Waals surface area contributed by atoms with Crippen molar-refractivity contribution >= 4 is 11.4 Å². The fraction of sp³-hybridized carbons (Fsp3) is 0.455. The summed E-state index contributed by atoms with van der Waals surface area (Å²) < 4.78 is 0. The minimum absolute atomic E-state index is 1.12. The van der Waals surface area contributed by atoms with Crippen LogP contribution in [0.4, 0.5) is 11.4 Å². The van der Waals surface area contributed by atoms with Crippen molar-refractivity contribution in [3.05, 3.63) is 23.8 Å². The summed E-state index contributed by atoms with van der Waals surface area (Å²) in [6.45, 7) is 3.55. The number of hydrogen-bond donors (Lipinski definition) is 1. The van der Waals surface area contributed by atoms with Gasteiger partial charge in [-0.05, 0) is 24.5 Å². The van der Waals surface area contributed by atoms with Gasteiger partial charge in [0.05, 0.1) is 11.4 Å². The second kappa shape index (κ2) is 2.66. The van der Waals surface area contributed by atoms with Gasteiger partial charge in [-0.2, -0.15) is 0 Å². The summed E-state index contributed by atoms with van der Waals surface area (Å²) in [5.74, 6) is 0. The second-order valence-electron chi connectivity index (χ2n) is 3.83. The number of nitrogens with zero attached hydrogens (tertiary/aromatic N) is 1. The van der Waals surface area contributed by atoms with Gasteiger partial charge in [0.25, 0.3) is 0 Å². The highest BCUT2D eigenvalue weighted by Gasteiger charge is 2.23. The van der Waals surface area contributed by atoms with Crippen molar-refractivity contribution in [2.45, 2.75) is 12.8 Å². The average molecular weight is 174 g/mol. The van der Waals surface area contributed by atoms with Crippen LogP contribution in [-0.4, -0.2) is 19.6 Å². The van der Waals surface area contributed by atoms with Gasteiger partial charge in [0.1, 0.15) is 0 Å². The van der Waals surface area contributed by atoms with E-state index < -0.39 is 0 Å². The van der Waals surface area contributed by atoms with Gasteiger partial charge in [-0.25, -0.2) is 0 Å². The number of benzene rings is 1. The smallest absolute Gasteiger partial charge is 0.0635 e. The minimum Gasteiger partial charge on any atom is -0.383 e. The van der Waals surface area contributed by atoms with Crippen molar-refractivity contribution < 1.29 is 0 Å². The SMILES string of the molecule is c1cc2c3c(c1)NCCCN3CC2. The van der Waals surface area contributed by atoms with Crippen LogP contribution in [0.1, 0.15) is 12.0 Å². The fourth-order valence-corrected chi connectivity index (χ4v) is 2.39. The van der Waals surface area contributed by atoms with Crippen LogP contribution < -0.4 is 10.2 Å². The van der Waals surface area contributed by atoms with Gasteiger partial charge in [0.15, 0.2) is 0 Å². The molecule has 1 N–H and O–H groups in total. The van der Waals surface area contributed by atoms with Crippen LogP contribution in [0, 0.1) is 0 Å². The Bertz CT molecular complexity index is 333. The van der Waals surface area contributed by atoms with Crippen molar-refractivity contribution in [3.8, 4) is 0 Å². The predicted molar refractivity (Wildman–Crippen MR) is 55.5 cm³/mol. The fourth-order valence-electron chi connectivity index (χ4n) is 2.39. The van der Waals surface area contributed by atoms with Crippen LogP contribution >= 0.6 is 0 Å². The largest absolute Gasteiger partial charge is 0.383 e. The number of rotatable bonds is 0. The first-order valence-electron chi connectivity index (χ1n) is 5.06. The van der Waals surface area contributed by atoms with Crippen LogP contribution in [-0.2, 0) is 6.42 Å². The molecular weight excluding hydrogens is 160 g/mol. The van der Waals surface area contributed by atoms with Crippen LogP contribution in [0.25, 0.3) is 0 Å². The monoisotopic (exact) mass is 174 g/mol. The Morgan fingerprint density at radius 1 is 1.23 bits per heavy atom. The maximum absolute atomic E-state index is 3.49. The van der Waals surface area contributed by atoms with Crippen molar-refractivity contribution in [3.63, 3.8) is 0 Å². The highest BCUT2D eigenvalue weighted by molar-refractivity contribution is 5.76. The molecule has 0 radical (unpaired) electrons. The van der Waals surface area contributed by atoms with E-state index in [2.05, 4.69) is 28.4 Å². The Labute approximate surface area is 78.6 Å². The predicted octanol–water partition coefficient (Wildman–Crippen LogP) is 1.86. The van der Waals surface area contributed by atoms with Crippen molar-refractivity contribution in [1.29, 1.82) is 0 Å². The van der Waals surface area contributed by atoms with E-state index in [1.807, 2.05) is 0 Å². The number of anilines is 2. The first kappa shape index (κ1) is 7.25. The molecule has 0 amide bonds. The zero-order valence-electron chi connectivity index (χ0n) is 7.71. The summed E-state index contributed by atoms with van der Waals surface area (Å²) in [4.78, 5) is 2.52. The molecule has 0 atom stereocenters. The topological polar surface area (TPSA) is 15.3 Å². The molecular formula is C11H14N2. The molecule has 2 nitrogen and oxygen atoms in total. The molecule has 0 saturated heterocycles. The molecule has 2 aliphatic rings. The van der Waals surface area contributed by atoms with Gasteiger partial charge < -0.3 is 10.2 Å². The lowest BCUT2D eigenvalue weighted by molar-refractivity contribution is 0.787. The standard InChI is InChI=1S/C11H14N2/c1-3-9-5-8-13-7-2-6-12-10(4-1)11(9)13/h1,3-4,12H,2,5-8H2. The number of nitrogens with one attached hydrogen (secondary N) is 1. The Kier molecular flexibility index (Phi) is 1.48. The molecule has 2 aliphatic heterocycles. The molecule has 0 aliphatic carbocycles. The molecule has 3 rings (SSSR count). The van der Waals surface area contributed by atoms with E-state index in [-0.39, 0.29) is 0 Å². The molecule has 0 bridgehead atoms. The third-order valence-electron chi connectivity index (χ3n) is 3.01. The van der Waals surface area contributed by atoms with Gasteiger partial charge in [-0.3, -0.25) is 0 Å². The molecule has 68 valence electrons. The van der Waals surface area contributed by atoms with E-state index in [1.54, 1.807) is 0 Å². The number of hydrogen-bond acceptors (Lipinski definition) is 2. The van der Waals surface area contributed by atoms with Crippen LogP contribution in [0.5, 0.6) is 0 Å². The summed E-state index contributed by atoms with van der Waals surface area (Å²) in [7, 11) is 0. The molecule has 0 spiro atoms.